The monoisotopic (exact) mass is 1570 g/mol. The first-order valence-electron chi connectivity index (χ1n) is 37.9. The van der Waals surface area contributed by atoms with Crippen molar-refractivity contribution in [3.05, 3.63) is 406 Å². The van der Waals surface area contributed by atoms with E-state index < -0.39 is 0 Å². The molecule has 0 spiro atoms. The van der Waals surface area contributed by atoms with Crippen LogP contribution in [0, 0.1) is 47.4 Å². The maximum absolute atomic E-state index is 12.7. The number of nitrogens with zero attached hydrogens (tertiary/aromatic N) is 14. The van der Waals surface area contributed by atoms with Crippen LogP contribution >= 0.6 is 11.3 Å². The number of hydrogen-bond acceptors (Lipinski definition) is 13. The summed E-state index contributed by atoms with van der Waals surface area (Å²) in [5, 5.41) is 42.8. The number of aryl methyl sites for hydroxylation is 3. The Bertz CT molecular complexity index is 5960. The summed E-state index contributed by atoms with van der Waals surface area (Å²) >= 11 is 1.59. The Labute approximate surface area is 686 Å². The van der Waals surface area contributed by atoms with Crippen molar-refractivity contribution in [2.75, 3.05) is 19.6 Å². The van der Waals surface area contributed by atoms with Gasteiger partial charge in [0.1, 0.15) is 5.82 Å². The van der Waals surface area contributed by atoms with Crippen LogP contribution in [0.4, 0.5) is 0 Å². The van der Waals surface area contributed by atoms with E-state index in [9.17, 15) is 19.2 Å². The molecule has 0 fully saturated rings. The number of amides is 4. The Balaban J connectivity index is 0.000000136. The lowest BCUT2D eigenvalue weighted by Crippen LogP contribution is -2.25. The van der Waals surface area contributed by atoms with E-state index >= 15 is 0 Å². The van der Waals surface area contributed by atoms with Crippen LogP contribution in [-0.4, -0.2) is 117 Å². The maximum atomic E-state index is 12.7. The maximum Gasteiger partial charge on any atom is 0.251 e. The topological polar surface area (TPSA) is 265 Å². The fourth-order valence-corrected chi connectivity index (χ4v) is 12.4. The van der Waals surface area contributed by atoms with Crippen molar-refractivity contribution >= 4 is 35.0 Å². The zero-order valence-corrected chi connectivity index (χ0v) is 65.1. The number of benzene rings is 8. The molecule has 118 heavy (non-hydrogen) atoms. The highest BCUT2D eigenvalue weighted by Crippen LogP contribution is 2.22. The number of hydrogen-bond donors (Lipinski definition) is 5. The summed E-state index contributed by atoms with van der Waals surface area (Å²) in [6.07, 6.45) is 30.2. The third-order valence-corrected chi connectivity index (χ3v) is 18.7. The molecule has 24 heteroatoms. The summed E-state index contributed by atoms with van der Waals surface area (Å²) in [6.45, 7) is 2.83. The molecule has 0 atom stereocenters. The van der Waals surface area contributed by atoms with Crippen LogP contribution in [-0.2, 0) is 33.0 Å². The minimum Gasteiger partial charge on any atom is -0.352 e. The molecule has 0 bridgehead atoms. The van der Waals surface area contributed by atoms with Crippen LogP contribution < -0.4 is 21.3 Å². The molecule has 16 rings (SSSR count). The normalized spacial score (nSPS) is 10.2. The van der Waals surface area contributed by atoms with E-state index in [0.717, 1.165) is 116 Å². The number of rotatable bonds is 21. The Morgan fingerprint density at radius 3 is 1.12 bits per heavy atom. The van der Waals surface area contributed by atoms with Gasteiger partial charge in [-0.05, 0) is 176 Å². The summed E-state index contributed by atoms with van der Waals surface area (Å²) in [6, 6.07) is 70.2. The second kappa shape index (κ2) is 42.0. The standard InChI is InChI=1S/2C24H21N5O.C23H19N5O.C23H18N4OS/c30-24(25-13-4-16-28-17-5-14-26-28)22-11-12-23(29-18-6-15-27-29)21(19-22)10-9-20-7-2-1-3-8-20;30-24(25-13-4-8-20-17-26-27-18-20)22-11-12-23(29-15-5-14-28-29)21(16-22)10-9-19-6-2-1-3-7-19;1-27-15-13-24-22(27)17-25-23(29)20-10-11-21(28-14-5-12-26-28)19(16-20)9-8-18-6-3-2-4-7-18;28-23(25-13-11-22-24-14-16-29-22)20-9-10-21(27-15-4-12-26-27)19(17-20)8-7-18-5-2-1-3-6-18/h1-3,5-8,11-12,14-15,17-19H,4,13,16H2,(H,25,30);1-3,5-7,11-12,14-18H,4,8,13H2,(H,25,30)(H,26,27);2-7,10-16H,17H2,1H3,(H,25,29);1-6,9-10,12,14-17H,11,13H2,(H,25,28). The zero-order chi connectivity index (χ0) is 81.1. The second-order valence-corrected chi connectivity index (χ2v) is 27.1. The van der Waals surface area contributed by atoms with Crippen molar-refractivity contribution in [3.8, 4) is 70.1 Å². The minimum absolute atomic E-state index is 0.114. The van der Waals surface area contributed by atoms with Gasteiger partial charge >= 0.3 is 0 Å². The SMILES string of the molecule is Cn1ccnc1CNC(=O)c1ccc(-n2cccn2)c(C#Cc2ccccc2)c1.O=C(NCCCc1cn[nH]c1)c1ccc(-n2cccn2)c(C#Cc2ccccc2)c1.O=C(NCCCn1cccn1)c1ccc(-n2cccn2)c(C#Cc2ccccc2)c1.O=C(NCCc1nccs1)c1ccc(-n2cccn2)c(C#Cc2ccccc2)c1. The molecule has 8 heterocycles. The van der Waals surface area contributed by atoms with Gasteiger partial charge in [0.15, 0.2) is 0 Å². The predicted molar refractivity (Wildman–Crippen MR) is 455 cm³/mol. The average Bonchev–Trinajstić information content (AvgIpc) is 1.43. The Hall–Kier alpha value is -16.0. The highest BCUT2D eigenvalue weighted by Gasteiger charge is 2.16. The Morgan fingerprint density at radius 1 is 0.381 bits per heavy atom. The van der Waals surface area contributed by atoms with E-state index in [1.165, 1.54) is 0 Å². The predicted octanol–water partition coefficient (Wildman–Crippen LogP) is 13.3. The molecule has 8 aromatic carbocycles. The lowest BCUT2D eigenvalue weighted by molar-refractivity contribution is 0.0942. The van der Waals surface area contributed by atoms with Crippen LogP contribution in [0.15, 0.2) is 323 Å². The van der Waals surface area contributed by atoms with Crippen LogP contribution in [0.5, 0.6) is 0 Å². The van der Waals surface area contributed by atoms with Gasteiger partial charge in [0.25, 0.3) is 23.6 Å². The van der Waals surface area contributed by atoms with Crippen molar-refractivity contribution in [2.45, 2.75) is 38.8 Å². The first kappa shape index (κ1) is 80.0. The van der Waals surface area contributed by atoms with Crippen molar-refractivity contribution < 1.29 is 19.2 Å². The summed E-state index contributed by atoms with van der Waals surface area (Å²) in [4.78, 5) is 59.0. The summed E-state index contributed by atoms with van der Waals surface area (Å²) < 4.78 is 10.7. The van der Waals surface area contributed by atoms with Crippen LogP contribution in [0.25, 0.3) is 22.7 Å². The molecule has 0 unspecified atom stereocenters. The molecule has 4 amide bonds. The van der Waals surface area contributed by atoms with Crippen molar-refractivity contribution in [1.29, 1.82) is 0 Å². The van der Waals surface area contributed by atoms with Gasteiger partial charge < -0.3 is 25.8 Å². The molecule has 0 aliphatic heterocycles. The lowest BCUT2D eigenvalue weighted by Gasteiger charge is -2.09. The molecule has 0 saturated carbocycles. The van der Waals surface area contributed by atoms with E-state index in [1.807, 2.05) is 259 Å². The summed E-state index contributed by atoms with van der Waals surface area (Å²) in [5.74, 6) is 25.7. The van der Waals surface area contributed by atoms with Gasteiger partial charge in [0.2, 0.25) is 0 Å². The molecule has 0 aliphatic carbocycles. The number of thiazole rings is 1. The van der Waals surface area contributed by atoms with Crippen LogP contribution in [0.3, 0.4) is 0 Å². The molecule has 16 aromatic rings. The molecule has 23 nitrogen and oxygen atoms in total. The second-order valence-electron chi connectivity index (χ2n) is 26.1. The fraction of sp³-hybridized carbons (Fsp3) is 0.106. The van der Waals surface area contributed by atoms with Gasteiger partial charge in [0.05, 0.1) is 62.8 Å². The number of imidazole rings is 1. The van der Waals surface area contributed by atoms with Crippen molar-refractivity contribution in [2.24, 2.45) is 7.05 Å². The Morgan fingerprint density at radius 2 is 0.771 bits per heavy atom. The molecule has 0 saturated heterocycles. The van der Waals surface area contributed by atoms with Gasteiger partial charge in [-0.15, -0.1) is 11.3 Å². The molecule has 0 radical (unpaired) electrons. The van der Waals surface area contributed by atoms with Gasteiger partial charge in [-0.1, -0.05) is 120 Å². The molecule has 580 valence electrons. The smallest absolute Gasteiger partial charge is 0.251 e. The number of H-pyrrole nitrogens is 1. The minimum atomic E-state index is -0.178. The third kappa shape index (κ3) is 23.5. The Kier molecular flexibility index (Phi) is 28.5. The van der Waals surface area contributed by atoms with E-state index in [4.69, 9.17) is 0 Å². The fourth-order valence-electron chi connectivity index (χ4n) is 11.8. The third-order valence-electron chi connectivity index (χ3n) is 17.8. The van der Waals surface area contributed by atoms with Crippen molar-refractivity contribution in [3.63, 3.8) is 0 Å². The van der Waals surface area contributed by atoms with Gasteiger partial charge in [-0.3, -0.25) is 29.0 Å². The molecular formula is C94H79N19O4S. The highest BCUT2D eigenvalue weighted by atomic mass is 32.1. The van der Waals surface area contributed by atoms with Gasteiger partial charge in [-0.25, -0.2) is 28.7 Å². The van der Waals surface area contributed by atoms with Crippen molar-refractivity contribution in [1.82, 2.24) is 94.9 Å². The average molecular weight is 1570 g/mol. The largest absolute Gasteiger partial charge is 0.352 e. The molecule has 5 N–H and O–H groups in total. The molecule has 0 aliphatic rings. The van der Waals surface area contributed by atoms with Gasteiger partial charge in [-0.2, -0.15) is 30.6 Å². The number of carbonyl (C=O) groups excluding carboxylic acids is 4. The summed E-state index contributed by atoms with van der Waals surface area (Å²) in [5.41, 5.74) is 13.3. The van der Waals surface area contributed by atoms with E-state index in [1.54, 1.807) is 110 Å². The number of aromatic nitrogens is 15. The molecular weight excluding hydrogens is 1490 g/mol. The first-order chi connectivity index (χ1) is 58.1. The van der Waals surface area contributed by atoms with Crippen LogP contribution in [0.2, 0.25) is 0 Å². The first-order valence-corrected chi connectivity index (χ1v) is 38.7. The zero-order valence-electron chi connectivity index (χ0n) is 64.3. The number of aromatic amines is 1. The number of carbonyl (C=O) groups is 4. The highest BCUT2D eigenvalue weighted by molar-refractivity contribution is 7.09. The van der Waals surface area contributed by atoms with E-state index in [0.29, 0.717) is 48.4 Å². The van der Waals surface area contributed by atoms with Crippen LogP contribution in [0.1, 0.15) is 115 Å². The molecule has 8 aromatic heterocycles. The van der Waals surface area contributed by atoms with E-state index in [2.05, 4.69) is 114 Å². The lowest BCUT2D eigenvalue weighted by atomic mass is 10.1. The van der Waals surface area contributed by atoms with Gasteiger partial charge in [0, 0.05) is 176 Å². The number of nitrogens with one attached hydrogen (secondary N) is 5. The quantitative estimate of drug-likeness (QED) is 0.0332. The summed E-state index contributed by atoms with van der Waals surface area (Å²) in [7, 11) is 1.89. The van der Waals surface area contributed by atoms with E-state index in [-0.39, 0.29) is 23.6 Å².